The fourth-order valence-electron chi connectivity index (χ4n) is 3.30. The van der Waals surface area contributed by atoms with Gasteiger partial charge in [-0.25, -0.2) is 0 Å². The number of carbonyl (C=O) groups is 1. The first-order chi connectivity index (χ1) is 8.65. The van der Waals surface area contributed by atoms with Crippen LogP contribution in [0.5, 0.6) is 5.75 Å². The summed E-state index contributed by atoms with van der Waals surface area (Å²) in [4.78, 5) is 12.6. The Labute approximate surface area is 108 Å². The number of methoxy groups -OCH3 is 1. The van der Waals surface area contributed by atoms with Crippen molar-refractivity contribution >= 4 is 5.78 Å². The molecule has 2 bridgehead atoms. The number of hydrogen-bond donors (Lipinski definition) is 0. The molecule has 0 aromatic heterocycles. The van der Waals surface area contributed by atoms with Crippen molar-refractivity contribution in [1.82, 2.24) is 0 Å². The monoisotopic (exact) mass is 242 g/mol. The van der Waals surface area contributed by atoms with Gasteiger partial charge in [0.1, 0.15) is 11.5 Å². The number of rotatable bonds is 1. The summed E-state index contributed by atoms with van der Waals surface area (Å²) in [5.74, 6) is 1.40. The Morgan fingerprint density at radius 2 is 2.17 bits per heavy atom. The average Bonchev–Trinajstić information content (AvgIpc) is 2.48. The zero-order valence-electron chi connectivity index (χ0n) is 10.9. The largest absolute Gasteiger partial charge is 0.497 e. The van der Waals surface area contributed by atoms with E-state index in [1.807, 2.05) is 12.1 Å². The van der Waals surface area contributed by atoms with E-state index in [1.54, 1.807) is 7.11 Å². The van der Waals surface area contributed by atoms with E-state index in [0.717, 1.165) is 30.6 Å². The van der Waals surface area contributed by atoms with Gasteiger partial charge in [0.2, 0.25) is 0 Å². The highest BCUT2D eigenvalue weighted by molar-refractivity contribution is 5.94. The second-order valence-electron chi connectivity index (χ2n) is 5.53. The molecule has 0 N–H and O–H groups in total. The minimum atomic E-state index is -0.361. The summed E-state index contributed by atoms with van der Waals surface area (Å²) in [6.45, 7) is 2.08. The van der Waals surface area contributed by atoms with Crippen molar-refractivity contribution in [3.63, 3.8) is 0 Å². The average molecular weight is 242 g/mol. The van der Waals surface area contributed by atoms with Crippen molar-refractivity contribution in [3.05, 3.63) is 41.5 Å². The number of allylic oxidation sites excluding steroid dienone is 2. The Hall–Kier alpha value is -1.57. The normalized spacial score (nSPS) is 29.7. The predicted molar refractivity (Wildman–Crippen MR) is 70.9 cm³/mol. The fraction of sp³-hybridized carbons (Fsp3) is 0.438. The summed E-state index contributed by atoms with van der Waals surface area (Å²) in [7, 11) is 1.67. The van der Waals surface area contributed by atoms with Crippen LogP contribution in [0.3, 0.4) is 0 Å². The fourth-order valence-corrected chi connectivity index (χ4v) is 3.30. The number of fused-ring (bicyclic) bond motifs is 4. The van der Waals surface area contributed by atoms with Crippen LogP contribution in [-0.2, 0) is 16.6 Å². The van der Waals surface area contributed by atoms with Gasteiger partial charge in [-0.05, 0) is 49.4 Å². The highest BCUT2D eigenvalue weighted by Gasteiger charge is 2.44. The molecule has 0 radical (unpaired) electrons. The second-order valence-corrected chi connectivity index (χ2v) is 5.53. The van der Waals surface area contributed by atoms with Crippen molar-refractivity contribution in [2.24, 2.45) is 5.92 Å². The van der Waals surface area contributed by atoms with Gasteiger partial charge < -0.3 is 4.74 Å². The van der Waals surface area contributed by atoms with Gasteiger partial charge in [0.15, 0.2) is 0 Å². The molecule has 0 saturated heterocycles. The van der Waals surface area contributed by atoms with E-state index in [0.29, 0.717) is 5.78 Å². The van der Waals surface area contributed by atoms with Crippen LogP contribution in [-0.4, -0.2) is 12.9 Å². The summed E-state index contributed by atoms with van der Waals surface area (Å²) in [5, 5.41) is 0. The van der Waals surface area contributed by atoms with Gasteiger partial charge in [0.05, 0.1) is 12.5 Å². The lowest BCUT2D eigenvalue weighted by Crippen LogP contribution is -2.41. The van der Waals surface area contributed by atoms with Crippen molar-refractivity contribution in [2.75, 3.05) is 7.11 Å². The number of carbonyl (C=O) groups excluding carboxylic acids is 1. The summed E-state index contributed by atoms with van der Waals surface area (Å²) in [6.07, 6.45) is 6.89. The van der Waals surface area contributed by atoms with E-state index in [4.69, 9.17) is 4.74 Å². The minimum absolute atomic E-state index is 0.162. The summed E-state index contributed by atoms with van der Waals surface area (Å²) < 4.78 is 5.30. The molecule has 0 spiro atoms. The predicted octanol–water partition coefficient (Wildman–Crippen LogP) is 3.04. The van der Waals surface area contributed by atoms with Crippen LogP contribution in [0.4, 0.5) is 0 Å². The Morgan fingerprint density at radius 3 is 2.94 bits per heavy atom. The molecule has 18 heavy (non-hydrogen) atoms. The summed E-state index contributed by atoms with van der Waals surface area (Å²) in [5.41, 5.74) is 2.11. The van der Waals surface area contributed by atoms with Crippen LogP contribution < -0.4 is 4.74 Å². The van der Waals surface area contributed by atoms with Gasteiger partial charge >= 0.3 is 0 Å². The molecule has 0 amide bonds. The molecule has 1 aromatic rings. The maximum absolute atomic E-state index is 12.6. The lowest BCUT2D eigenvalue weighted by Gasteiger charge is -2.37. The quantitative estimate of drug-likeness (QED) is 0.707. The van der Waals surface area contributed by atoms with Crippen LogP contribution in [0.25, 0.3) is 0 Å². The molecular formula is C16H18O2. The van der Waals surface area contributed by atoms with E-state index >= 15 is 0 Å². The zero-order chi connectivity index (χ0) is 12.8. The molecule has 0 fully saturated rings. The first-order valence-corrected chi connectivity index (χ1v) is 6.52. The molecule has 2 aliphatic carbocycles. The maximum atomic E-state index is 12.6. The molecular weight excluding hydrogens is 224 g/mol. The van der Waals surface area contributed by atoms with Crippen LogP contribution >= 0.6 is 0 Å². The molecule has 0 aliphatic heterocycles. The third kappa shape index (κ3) is 1.52. The van der Waals surface area contributed by atoms with Crippen molar-refractivity contribution in [2.45, 2.75) is 31.6 Å². The molecule has 0 saturated carbocycles. The smallest absolute Gasteiger partial charge is 0.147 e. The first kappa shape index (κ1) is 11.5. The number of ketones is 1. The lowest BCUT2D eigenvalue weighted by atomic mass is 9.65. The third-order valence-corrected chi connectivity index (χ3v) is 4.41. The van der Waals surface area contributed by atoms with Gasteiger partial charge in [-0.2, -0.15) is 0 Å². The van der Waals surface area contributed by atoms with E-state index in [2.05, 4.69) is 25.1 Å². The maximum Gasteiger partial charge on any atom is 0.147 e. The molecule has 0 heterocycles. The number of benzene rings is 1. The summed E-state index contributed by atoms with van der Waals surface area (Å²) >= 11 is 0. The minimum Gasteiger partial charge on any atom is -0.497 e. The highest BCUT2D eigenvalue weighted by Crippen LogP contribution is 2.43. The zero-order valence-corrected chi connectivity index (χ0v) is 10.9. The Kier molecular flexibility index (Phi) is 2.54. The Balaban J connectivity index is 2.19. The number of Topliss-reactive ketones (excluding diaryl/α,β-unsaturated/α-hetero) is 1. The van der Waals surface area contributed by atoms with Gasteiger partial charge in [0.25, 0.3) is 0 Å². The van der Waals surface area contributed by atoms with Crippen molar-refractivity contribution in [1.29, 1.82) is 0 Å². The van der Waals surface area contributed by atoms with Crippen LogP contribution in [0.1, 0.15) is 30.9 Å². The lowest BCUT2D eigenvalue weighted by molar-refractivity contribution is -0.128. The van der Waals surface area contributed by atoms with Gasteiger partial charge in [-0.3, -0.25) is 4.79 Å². The van der Waals surface area contributed by atoms with Gasteiger partial charge in [-0.1, -0.05) is 18.2 Å². The molecule has 2 atom stereocenters. The third-order valence-electron chi connectivity index (χ3n) is 4.41. The van der Waals surface area contributed by atoms with E-state index in [-0.39, 0.29) is 11.3 Å². The van der Waals surface area contributed by atoms with E-state index in [9.17, 15) is 4.79 Å². The molecule has 1 aromatic carbocycles. The molecule has 2 unspecified atom stereocenters. The van der Waals surface area contributed by atoms with Gasteiger partial charge in [0, 0.05) is 5.92 Å². The topological polar surface area (TPSA) is 26.3 Å². The van der Waals surface area contributed by atoms with E-state index < -0.39 is 0 Å². The SMILES string of the molecule is COc1ccc2c(c1)C1(C)CC=CCC(C2)C1=O. The van der Waals surface area contributed by atoms with Crippen molar-refractivity contribution < 1.29 is 9.53 Å². The Morgan fingerprint density at radius 1 is 1.33 bits per heavy atom. The van der Waals surface area contributed by atoms with Crippen LogP contribution in [0.2, 0.25) is 0 Å². The Bertz CT molecular complexity index is 530. The first-order valence-electron chi connectivity index (χ1n) is 6.52. The number of ether oxygens (including phenoxy) is 1. The van der Waals surface area contributed by atoms with Crippen molar-refractivity contribution in [3.8, 4) is 5.75 Å². The number of hydrogen-bond acceptors (Lipinski definition) is 2. The molecule has 2 aliphatic rings. The summed E-state index contributed by atoms with van der Waals surface area (Å²) in [6, 6.07) is 6.16. The standard InChI is InChI=1S/C16H18O2/c1-16-8-4-3-5-12(15(16)17)9-11-6-7-13(18-2)10-14(11)16/h3-4,6-7,10,12H,5,8-9H2,1-2H3. The molecule has 2 nitrogen and oxygen atoms in total. The van der Waals surface area contributed by atoms with Gasteiger partial charge in [-0.15, -0.1) is 0 Å². The van der Waals surface area contributed by atoms with Crippen LogP contribution in [0, 0.1) is 5.92 Å². The molecule has 2 heteroatoms. The van der Waals surface area contributed by atoms with E-state index in [1.165, 1.54) is 5.56 Å². The van der Waals surface area contributed by atoms with Crippen LogP contribution in [0.15, 0.2) is 30.4 Å². The molecule has 3 rings (SSSR count). The second kappa shape index (κ2) is 3.98. The molecule has 94 valence electrons. The highest BCUT2D eigenvalue weighted by atomic mass is 16.5.